The molecule has 0 spiro atoms. The Balaban J connectivity index is 1.74. The minimum absolute atomic E-state index is 0.909. The molecule has 0 bridgehead atoms. The van der Waals surface area contributed by atoms with E-state index in [9.17, 15) is 0 Å². The molecule has 5 heteroatoms. The van der Waals surface area contributed by atoms with Gasteiger partial charge in [0.2, 0.25) is 0 Å². The van der Waals surface area contributed by atoms with E-state index in [1.54, 1.807) is 11.8 Å². The van der Waals surface area contributed by atoms with Gasteiger partial charge in [-0.1, -0.05) is 42.1 Å². The Kier molecular flexibility index (Phi) is 3.61. The Morgan fingerprint density at radius 1 is 1.06 bits per heavy atom. The minimum Gasteiger partial charge on any atom is -0.347 e. The van der Waals surface area contributed by atoms with Crippen LogP contribution in [0.15, 0.2) is 40.5 Å². The molecule has 1 saturated heterocycles. The maximum Gasteiger partial charge on any atom is 0.186 e. The van der Waals surface area contributed by atoms with Gasteiger partial charge >= 0.3 is 0 Å². The molecule has 1 N–H and O–H groups in total. The van der Waals surface area contributed by atoms with Gasteiger partial charge in [-0.2, -0.15) is 5.10 Å². The Bertz CT molecular complexity index is 463. The fraction of sp³-hybridized carbons (Fsp3) is 0.385. The van der Waals surface area contributed by atoms with Gasteiger partial charge in [-0.05, 0) is 5.56 Å². The van der Waals surface area contributed by atoms with Gasteiger partial charge in [0, 0.05) is 31.9 Å². The molecule has 0 amide bonds. The highest BCUT2D eigenvalue weighted by atomic mass is 32.2. The highest BCUT2D eigenvalue weighted by Crippen LogP contribution is 2.18. The van der Waals surface area contributed by atoms with Crippen LogP contribution in [0.5, 0.6) is 0 Å². The van der Waals surface area contributed by atoms with Crippen LogP contribution < -0.4 is 5.32 Å². The van der Waals surface area contributed by atoms with Crippen molar-refractivity contribution >= 4 is 22.6 Å². The van der Waals surface area contributed by atoms with E-state index in [1.807, 2.05) is 18.2 Å². The summed E-state index contributed by atoms with van der Waals surface area (Å²) < 4.78 is 0. The highest BCUT2D eigenvalue weighted by molar-refractivity contribution is 8.14. The average molecular weight is 260 g/mol. The summed E-state index contributed by atoms with van der Waals surface area (Å²) in [6, 6.07) is 10.3. The monoisotopic (exact) mass is 260 g/mol. The fourth-order valence-electron chi connectivity index (χ4n) is 2.08. The van der Waals surface area contributed by atoms with Crippen LogP contribution >= 0.6 is 11.8 Å². The molecule has 94 valence electrons. The number of rotatable bonds is 1. The average Bonchev–Trinajstić information content (AvgIpc) is 2.49. The number of nitrogens with one attached hydrogen (secondary N) is 1. The molecule has 0 saturated carbocycles. The maximum absolute atomic E-state index is 4.38. The molecular formula is C13H16N4S. The molecule has 0 aromatic heterocycles. The third-order valence-corrected chi connectivity index (χ3v) is 4.10. The largest absolute Gasteiger partial charge is 0.347 e. The Morgan fingerprint density at radius 3 is 2.50 bits per heavy atom. The van der Waals surface area contributed by atoms with Crippen LogP contribution in [0.1, 0.15) is 5.56 Å². The zero-order valence-corrected chi connectivity index (χ0v) is 11.0. The molecule has 1 fully saturated rings. The second-order valence-corrected chi connectivity index (χ2v) is 5.26. The van der Waals surface area contributed by atoms with Crippen molar-refractivity contribution in [2.45, 2.75) is 0 Å². The van der Waals surface area contributed by atoms with Crippen molar-refractivity contribution in [3.63, 3.8) is 0 Å². The van der Waals surface area contributed by atoms with Crippen molar-refractivity contribution in [2.24, 2.45) is 10.2 Å². The molecule has 2 aliphatic rings. The maximum atomic E-state index is 4.38. The molecule has 18 heavy (non-hydrogen) atoms. The zero-order chi connectivity index (χ0) is 12.2. The molecule has 3 rings (SSSR count). The van der Waals surface area contributed by atoms with E-state index in [4.69, 9.17) is 0 Å². The predicted octanol–water partition coefficient (Wildman–Crippen LogP) is 1.40. The molecule has 1 aromatic carbocycles. The summed E-state index contributed by atoms with van der Waals surface area (Å²) in [5, 5.41) is 13.2. The number of piperazine rings is 1. The molecule has 0 radical (unpaired) electrons. The van der Waals surface area contributed by atoms with Crippen molar-refractivity contribution < 1.29 is 0 Å². The van der Waals surface area contributed by atoms with Gasteiger partial charge in [-0.15, -0.1) is 5.10 Å². The lowest BCUT2D eigenvalue weighted by Crippen LogP contribution is -2.46. The molecule has 0 aliphatic carbocycles. The number of nitrogens with zero attached hydrogens (tertiary/aromatic N) is 3. The number of hydrogen-bond acceptors (Lipinski definition) is 5. The minimum atomic E-state index is 0.909. The van der Waals surface area contributed by atoms with Gasteiger partial charge in [0.1, 0.15) is 0 Å². The first kappa shape index (κ1) is 11.7. The van der Waals surface area contributed by atoms with E-state index in [0.29, 0.717) is 0 Å². The standard InChI is InChI=1S/C13H16N4S/c1-2-4-11(5-3-1)12-10-18-13(16-15-12)17-8-6-14-7-9-17/h1-5,14H,6-10H2. The van der Waals surface area contributed by atoms with Crippen LogP contribution in [0.3, 0.4) is 0 Å². The Morgan fingerprint density at radius 2 is 1.83 bits per heavy atom. The summed E-state index contributed by atoms with van der Waals surface area (Å²) in [5.74, 6) is 0.909. The third kappa shape index (κ3) is 2.57. The van der Waals surface area contributed by atoms with E-state index in [2.05, 4.69) is 32.6 Å². The topological polar surface area (TPSA) is 40.0 Å². The molecule has 0 atom stereocenters. The quantitative estimate of drug-likeness (QED) is 0.829. The smallest absolute Gasteiger partial charge is 0.186 e. The summed E-state index contributed by atoms with van der Waals surface area (Å²) >= 11 is 1.79. The van der Waals surface area contributed by atoms with Crippen molar-refractivity contribution in [2.75, 3.05) is 31.9 Å². The van der Waals surface area contributed by atoms with Gasteiger partial charge in [0.05, 0.1) is 5.71 Å². The number of thioether (sulfide) groups is 1. The highest BCUT2D eigenvalue weighted by Gasteiger charge is 2.19. The van der Waals surface area contributed by atoms with Crippen LogP contribution in [0.25, 0.3) is 0 Å². The summed E-state index contributed by atoms with van der Waals surface area (Å²) in [6.07, 6.45) is 0. The molecule has 2 heterocycles. The summed E-state index contributed by atoms with van der Waals surface area (Å²) in [4.78, 5) is 2.31. The van der Waals surface area contributed by atoms with Crippen molar-refractivity contribution in [3.05, 3.63) is 35.9 Å². The summed E-state index contributed by atoms with van der Waals surface area (Å²) in [5.41, 5.74) is 2.24. The SMILES string of the molecule is c1ccc(C2=NN=C(N3CCNCC3)SC2)cc1. The van der Waals surface area contributed by atoms with E-state index in [-0.39, 0.29) is 0 Å². The van der Waals surface area contributed by atoms with E-state index >= 15 is 0 Å². The molecule has 2 aliphatic heterocycles. The fourth-order valence-corrected chi connectivity index (χ4v) is 3.03. The van der Waals surface area contributed by atoms with Gasteiger partial charge in [0.15, 0.2) is 5.17 Å². The second kappa shape index (κ2) is 5.54. The van der Waals surface area contributed by atoms with Crippen LogP contribution in [0.4, 0.5) is 0 Å². The lowest BCUT2D eigenvalue weighted by Gasteiger charge is -2.30. The first-order valence-electron chi connectivity index (χ1n) is 6.22. The summed E-state index contributed by atoms with van der Waals surface area (Å²) in [7, 11) is 0. The summed E-state index contributed by atoms with van der Waals surface area (Å²) in [6.45, 7) is 4.13. The van der Waals surface area contributed by atoms with Crippen molar-refractivity contribution in [1.29, 1.82) is 0 Å². The van der Waals surface area contributed by atoms with Gasteiger partial charge in [-0.3, -0.25) is 0 Å². The van der Waals surface area contributed by atoms with Crippen LogP contribution in [-0.4, -0.2) is 47.7 Å². The Labute approximate surface area is 111 Å². The predicted molar refractivity (Wildman–Crippen MR) is 77.3 cm³/mol. The Hall–Kier alpha value is -1.33. The first-order valence-corrected chi connectivity index (χ1v) is 7.20. The number of amidine groups is 1. The lowest BCUT2D eigenvalue weighted by molar-refractivity contribution is 0.362. The van der Waals surface area contributed by atoms with Gasteiger partial charge in [-0.25, -0.2) is 0 Å². The molecular weight excluding hydrogens is 244 g/mol. The van der Waals surface area contributed by atoms with E-state index in [1.165, 1.54) is 5.56 Å². The number of hydrogen-bond donors (Lipinski definition) is 1. The van der Waals surface area contributed by atoms with Crippen LogP contribution in [-0.2, 0) is 0 Å². The third-order valence-electron chi connectivity index (χ3n) is 3.09. The zero-order valence-electron chi connectivity index (χ0n) is 10.2. The van der Waals surface area contributed by atoms with Crippen molar-refractivity contribution in [3.8, 4) is 0 Å². The first-order chi connectivity index (χ1) is 8.93. The molecule has 4 nitrogen and oxygen atoms in total. The van der Waals surface area contributed by atoms with E-state index < -0.39 is 0 Å². The second-order valence-electron chi connectivity index (χ2n) is 4.32. The van der Waals surface area contributed by atoms with Gasteiger partial charge in [0.25, 0.3) is 0 Å². The molecule has 0 unspecified atom stereocenters. The lowest BCUT2D eigenvalue weighted by atomic mass is 10.1. The van der Waals surface area contributed by atoms with Crippen molar-refractivity contribution in [1.82, 2.24) is 10.2 Å². The van der Waals surface area contributed by atoms with Crippen LogP contribution in [0, 0.1) is 0 Å². The van der Waals surface area contributed by atoms with E-state index in [0.717, 1.165) is 42.8 Å². The van der Waals surface area contributed by atoms with Gasteiger partial charge < -0.3 is 10.2 Å². The normalized spacial score (nSPS) is 20.3. The number of benzene rings is 1. The molecule has 1 aromatic rings. The van der Waals surface area contributed by atoms with Crippen LogP contribution in [0.2, 0.25) is 0 Å².